The first-order chi connectivity index (χ1) is 9.60. The Morgan fingerprint density at radius 3 is 2.55 bits per heavy atom. The lowest BCUT2D eigenvalue weighted by molar-refractivity contribution is 0.0690. The SMILES string of the molecule is COc1ccc(S(=O)Cc2cccc(C(=O)O)n2)cc1. The van der Waals surface area contributed by atoms with Crippen molar-refractivity contribution in [3.8, 4) is 5.75 Å². The van der Waals surface area contributed by atoms with Crippen LogP contribution in [0, 0.1) is 0 Å². The van der Waals surface area contributed by atoms with E-state index in [0.29, 0.717) is 16.3 Å². The Hall–Kier alpha value is -2.21. The lowest BCUT2D eigenvalue weighted by Gasteiger charge is -2.04. The molecule has 0 aliphatic heterocycles. The third-order valence-electron chi connectivity index (χ3n) is 2.63. The lowest BCUT2D eigenvalue weighted by Crippen LogP contribution is -2.04. The van der Waals surface area contributed by atoms with Crippen molar-refractivity contribution in [1.82, 2.24) is 4.98 Å². The zero-order valence-electron chi connectivity index (χ0n) is 10.8. The highest BCUT2D eigenvalue weighted by Gasteiger charge is 2.09. The van der Waals surface area contributed by atoms with Gasteiger partial charge in [0.15, 0.2) is 0 Å². The second-order valence-electron chi connectivity index (χ2n) is 3.98. The van der Waals surface area contributed by atoms with E-state index in [1.807, 2.05) is 0 Å². The Kier molecular flexibility index (Phi) is 4.47. The van der Waals surface area contributed by atoms with E-state index in [9.17, 15) is 9.00 Å². The van der Waals surface area contributed by atoms with Crippen LogP contribution in [0.3, 0.4) is 0 Å². The Morgan fingerprint density at radius 2 is 1.95 bits per heavy atom. The Bertz CT molecular complexity index is 640. The number of nitrogens with zero attached hydrogens (tertiary/aromatic N) is 1. The van der Waals surface area contributed by atoms with Crippen molar-refractivity contribution in [2.24, 2.45) is 0 Å². The van der Waals surface area contributed by atoms with E-state index in [1.54, 1.807) is 43.5 Å². The highest BCUT2D eigenvalue weighted by molar-refractivity contribution is 7.84. The molecule has 6 heteroatoms. The highest BCUT2D eigenvalue weighted by atomic mass is 32.2. The fourth-order valence-electron chi connectivity index (χ4n) is 1.62. The monoisotopic (exact) mass is 291 g/mol. The number of aromatic nitrogens is 1. The van der Waals surface area contributed by atoms with Crippen molar-refractivity contribution >= 4 is 16.8 Å². The van der Waals surface area contributed by atoms with Gasteiger partial charge in [-0.3, -0.25) is 4.21 Å². The minimum atomic E-state index is -1.28. The number of hydrogen-bond donors (Lipinski definition) is 1. The topological polar surface area (TPSA) is 76.5 Å². The number of benzene rings is 1. The van der Waals surface area contributed by atoms with Gasteiger partial charge < -0.3 is 9.84 Å². The van der Waals surface area contributed by atoms with Gasteiger partial charge in [-0.25, -0.2) is 9.78 Å². The molecular weight excluding hydrogens is 278 g/mol. The summed E-state index contributed by atoms with van der Waals surface area (Å²) in [7, 11) is 0.286. The number of carbonyl (C=O) groups is 1. The molecule has 2 aromatic rings. The average molecular weight is 291 g/mol. The molecular formula is C14H13NO4S. The predicted octanol–water partition coefficient (Wildman–Crippen LogP) is 2.10. The first-order valence-corrected chi connectivity index (χ1v) is 7.13. The number of hydrogen-bond acceptors (Lipinski definition) is 4. The highest BCUT2D eigenvalue weighted by Crippen LogP contribution is 2.16. The summed E-state index contributed by atoms with van der Waals surface area (Å²) in [5, 5.41) is 8.87. The largest absolute Gasteiger partial charge is 0.497 e. The van der Waals surface area contributed by atoms with Gasteiger partial charge in [0.1, 0.15) is 11.4 Å². The molecule has 20 heavy (non-hydrogen) atoms. The van der Waals surface area contributed by atoms with Gasteiger partial charge in [-0.1, -0.05) is 6.07 Å². The first-order valence-electron chi connectivity index (χ1n) is 5.82. The summed E-state index contributed by atoms with van der Waals surface area (Å²) in [5.41, 5.74) is 0.438. The van der Waals surface area contributed by atoms with Crippen LogP contribution in [0.15, 0.2) is 47.4 Å². The number of pyridine rings is 1. The van der Waals surface area contributed by atoms with Gasteiger partial charge in [-0.2, -0.15) is 0 Å². The van der Waals surface area contributed by atoms with Gasteiger partial charge in [-0.15, -0.1) is 0 Å². The maximum Gasteiger partial charge on any atom is 0.354 e. The van der Waals surface area contributed by atoms with Crippen LogP contribution >= 0.6 is 0 Å². The third kappa shape index (κ3) is 3.42. The molecule has 0 fully saturated rings. The lowest BCUT2D eigenvalue weighted by atomic mass is 10.3. The van der Waals surface area contributed by atoms with Crippen molar-refractivity contribution in [1.29, 1.82) is 0 Å². The van der Waals surface area contributed by atoms with Gasteiger partial charge in [0.2, 0.25) is 0 Å². The number of rotatable bonds is 5. The van der Waals surface area contributed by atoms with Crippen LogP contribution in [-0.4, -0.2) is 27.4 Å². The maximum atomic E-state index is 12.2. The zero-order valence-corrected chi connectivity index (χ0v) is 11.6. The van der Waals surface area contributed by atoms with Crippen molar-refractivity contribution < 1.29 is 18.8 Å². The second kappa shape index (κ2) is 6.29. The van der Waals surface area contributed by atoms with E-state index in [4.69, 9.17) is 9.84 Å². The molecule has 5 nitrogen and oxygen atoms in total. The van der Waals surface area contributed by atoms with Crippen molar-refractivity contribution in [2.45, 2.75) is 10.6 Å². The molecule has 0 radical (unpaired) electrons. The van der Waals surface area contributed by atoms with Crippen molar-refractivity contribution in [3.05, 3.63) is 53.9 Å². The molecule has 0 amide bonds. The molecule has 1 N–H and O–H groups in total. The van der Waals surface area contributed by atoms with E-state index in [1.165, 1.54) is 6.07 Å². The smallest absolute Gasteiger partial charge is 0.354 e. The minimum Gasteiger partial charge on any atom is -0.497 e. The normalized spacial score (nSPS) is 11.8. The molecule has 0 saturated heterocycles. The number of aromatic carboxylic acids is 1. The molecule has 1 aromatic heterocycles. The van der Waals surface area contributed by atoms with Crippen molar-refractivity contribution in [3.63, 3.8) is 0 Å². The molecule has 0 saturated carbocycles. The number of carboxylic acids is 1. The Balaban J connectivity index is 2.14. The van der Waals surface area contributed by atoms with Gasteiger partial charge >= 0.3 is 5.97 Å². The van der Waals surface area contributed by atoms with E-state index >= 15 is 0 Å². The molecule has 0 aliphatic rings. The van der Waals surface area contributed by atoms with Crippen molar-refractivity contribution in [2.75, 3.05) is 7.11 Å². The molecule has 1 unspecified atom stereocenters. The second-order valence-corrected chi connectivity index (χ2v) is 5.44. The van der Waals surface area contributed by atoms with Crippen LogP contribution in [0.2, 0.25) is 0 Å². The summed E-state index contributed by atoms with van der Waals surface area (Å²) in [6.45, 7) is 0. The summed E-state index contributed by atoms with van der Waals surface area (Å²) in [4.78, 5) is 15.4. The van der Waals surface area contributed by atoms with Gasteiger partial charge in [-0.05, 0) is 36.4 Å². The van der Waals surface area contributed by atoms with Crippen LogP contribution < -0.4 is 4.74 Å². The van der Waals surface area contributed by atoms with E-state index < -0.39 is 16.8 Å². The quantitative estimate of drug-likeness (QED) is 0.913. The average Bonchev–Trinajstić information content (AvgIpc) is 2.47. The van der Waals surface area contributed by atoms with E-state index in [2.05, 4.69) is 4.98 Å². The van der Waals surface area contributed by atoms with Crippen LogP contribution in [0.5, 0.6) is 5.75 Å². The summed E-state index contributed by atoms with van der Waals surface area (Å²) in [6.07, 6.45) is 0. The molecule has 0 bridgehead atoms. The summed E-state index contributed by atoms with van der Waals surface area (Å²) in [5.74, 6) is -0.230. The Labute approximate surface area is 118 Å². The number of methoxy groups -OCH3 is 1. The molecule has 1 atom stereocenters. The van der Waals surface area contributed by atoms with Gasteiger partial charge in [0, 0.05) is 4.90 Å². The van der Waals surface area contributed by atoms with Crippen LogP contribution in [0.4, 0.5) is 0 Å². The number of carboxylic acid groups (broad SMARTS) is 1. The van der Waals surface area contributed by atoms with Gasteiger partial charge in [0.25, 0.3) is 0 Å². The fourth-order valence-corrected chi connectivity index (χ4v) is 2.66. The molecule has 2 rings (SSSR count). The molecule has 0 aliphatic carbocycles. The molecule has 0 spiro atoms. The summed E-state index contributed by atoms with van der Waals surface area (Å²) >= 11 is 0. The van der Waals surface area contributed by atoms with E-state index in [-0.39, 0.29) is 11.4 Å². The molecule has 104 valence electrons. The zero-order chi connectivity index (χ0) is 14.5. The van der Waals surface area contributed by atoms with Crippen LogP contribution in [0.25, 0.3) is 0 Å². The standard InChI is InChI=1S/C14H13NO4S/c1-19-11-5-7-12(8-6-11)20(18)9-10-3-2-4-13(15-10)14(16)17/h2-8H,9H2,1H3,(H,16,17). The fraction of sp³-hybridized carbons (Fsp3) is 0.143. The Morgan fingerprint density at radius 1 is 1.25 bits per heavy atom. The molecule has 1 heterocycles. The minimum absolute atomic E-state index is 0.0470. The first kappa shape index (κ1) is 14.2. The van der Waals surface area contributed by atoms with Gasteiger partial charge in [0.05, 0.1) is 29.4 Å². The summed E-state index contributed by atoms with van der Waals surface area (Å²) in [6, 6.07) is 11.6. The predicted molar refractivity (Wildman–Crippen MR) is 74.3 cm³/mol. The summed E-state index contributed by atoms with van der Waals surface area (Å²) < 4.78 is 17.2. The maximum absolute atomic E-state index is 12.2. The van der Waals surface area contributed by atoms with Crippen LogP contribution in [-0.2, 0) is 16.6 Å². The third-order valence-corrected chi connectivity index (χ3v) is 3.98. The van der Waals surface area contributed by atoms with Crippen LogP contribution in [0.1, 0.15) is 16.2 Å². The van der Waals surface area contributed by atoms with E-state index in [0.717, 1.165) is 0 Å². The molecule has 1 aromatic carbocycles. The number of ether oxygens (including phenoxy) is 1.